The molecular weight excluding hydrogens is 222 g/mol. The maximum absolute atomic E-state index is 5.66. The van der Waals surface area contributed by atoms with E-state index < -0.39 is 0 Å². The first-order valence-corrected chi connectivity index (χ1v) is 5.45. The van der Waals surface area contributed by atoms with Gasteiger partial charge in [-0.25, -0.2) is 0 Å². The highest BCUT2D eigenvalue weighted by molar-refractivity contribution is 5.85. The average molecular weight is 240 g/mol. The van der Waals surface area contributed by atoms with Crippen LogP contribution in [0.2, 0.25) is 0 Å². The fraction of sp³-hybridized carbons (Fsp3) is 0.417. The van der Waals surface area contributed by atoms with Crippen molar-refractivity contribution in [2.75, 3.05) is 6.54 Å². The number of halogens is 1. The van der Waals surface area contributed by atoms with Gasteiger partial charge in [-0.05, 0) is 24.0 Å². The molecule has 88 valence electrons. The Morgan fingerprint density at radius 2 is 2.06 bits per heavy atom. The van der Waals surface area contributed by atoms with E-state index >= 15 is 0 Å². The maximum atomic E-state index is 5.66. The van der Waals surface area contributed by atoms with E-state index in [1.54, 1.807) is 0 Å². The lowest BCUT2D eigenvalue weighted by atomic mass is 10.0. The number of aliphatic imine (C=N–C) groups is 1. The first-order valence-electron chi connectivity index (χ1n) is 5.45. The molecule has 1 atom stereocenters. The second-order valence-electron chi connectivity index (χ2n) is 3.85. The Kier molecular flexibility index (Phi) is 4.62. The average Bonchev–Trinajstić information content (AvgIpc) is 2.29. The first-order chi connectivity index (χ1) is 7.29. The Labute approximate surface area is 103 Å². The van der Waals surface area contributed by atoms with Crippen molar-refractivity contribution in [3.8, 4) is 0 Å². The largest absolute Gasteiger partial charge is 0.370 e. The Morgan fingerprint density at radius 3 is 2.62 bits per heavy atom. The van der Waals surface area contributed by atoms with Gasteiger partial charge in [0.05, 0.1) is 6.04 Å². The van der Waals surface area contributed by atoms with Crippen molar-refractivity contribution in [1.82, 2.24) is 5.32 Å². The molecule has 0 aromatic heterocycles. The number of nitrogens with one attached hydrogen (secondary N) is 1. The molecule has 2 rings (SSSR count). The number of hydrogen-bond donors (Lipinski definition) is 2. The first kappa shape index (κ1) is 12.8. The molecule has 1 aliphatic rings. The quantitative estimate of drug-likeness (QED) is 0.830. The number of nitrogens with zero attached hydrogens (tertiary/aromatic N) is 1. The number of hydrogen-bond acceptors (Lipinski definition) is 3. The van der Waals surface area contributed by atoms with Crippen LogP contribution in [0.5, 0.6) is 0 Å². The Bertz CT molecular complexity index is 359. The van der Waals surface area contributed by atoms with Gasteiger partial charge in [0.25, 0.3) is 0 Å². The van der Waals surface area contributed by atoms with Crippen molar-refractivity contribution < 1.29 is 0 Å². The summed E-state index contributed by atoms with van der Waals surface area (Å²) in [5.41, 5.74) is 8.33. The predicted molar refractivity (Wildman–Crippen MR) is 70.1 cm³/mol. The summed E-state index contributed by atoms with van der Waals surface area (Å²) in [6, 6.07) is 9.04. The standard InChI is InChI=1S/C12H17N3.ClH/c1-2-9-3-5-10(6-4-9)11-7-8-14-12(13)15-11;/h3-6,11H,2,7-8H2,1H3,(H3,13,14,15);1H. The lowest BCUT2D eigenvalue weighted by Gasteiger charge is -2.23. The van der Waals surface area contributed by atoms with Crippen molar-refractivity contribution in [3.05, 3.63) is 35.4 Å². The van der Waals surface area contributed by atoms with Crippen LogP contribution in [-0.2, 0) is 6.42 Å². The molecule has 0 spiro atoms. The molecule has 3 N–H and O–H groups in total. The summed E-state index contributed by atoms with van der Waals surface area (Å²) in [7, 11) is 0. The SMILES string of the molecule is CCc1ccc(C2CCN=C(N)N2)cc1.Cl. The summed E-state index contributed by atoms with van der Waals surface area (Å²) in [5.74, 6) is 0.561. The highest BCUT2D eigenvalue weighted by Gasteiger charge is 2.14. The molecule has 3 nitrogen and oxygen atoms in total. The Balaban J connectivity index is 0.00000128. The highest BCUT2D eigenvalue weighted by Crippen LogP contribution is 2.19. The Hall–Kier alpha value is -1.22. The number of nitrogens with two attached hydrogens (primary N) is 1. The molecule has 0 radical (unpaired) electrons. The van der Waals surface area contributed by atoms with E-state index in [4.69, 9.17) is 5.73 Å². The van der Waals surface area contributed by atoms with E-state index in [1.165, 1.54) is 11.1 Å². The van der Waals surface area contributed by atoms with E-state index in [0.29, 0.717) is 12.0 Å². The molecule has 0 bridgehead atoms. The van der Waals surface area contributed by atoms with Crippen molar-refractivity contribution in [3.63, 3.8) is 0 Å². The molecule has 0 fully saturated rings. The molecule has 0 saturated carbocycles. The molecule has 0 aliphatic carbocycles. The van der Waals surface area contributed by atoms with Gasteiger partial charge in [0, 0.05) is 6.54 Å². The zero-order valence-electron chi connectivity index (χ0n) is 9.44. The molecule has 16 heavy (non-hydrogen) atoms. The minimum absolute atomic E-state index is 0. The number of aryl methyl sites for hydroxylation is 1. The van der Waals surface area contributed by atoms with E-state index in [-0.39, 0.29) is 12.4 Å². The molecule has 1 heterocycles. The van der Waals surface area contributed by atoms with Crippen LogP contribution in [0.15, 0.2) is 29.3 Å². The predicted octanol–water partition coefficient (Wildman–Crippen LogP) is 2.02. The van der Waals surface area contributed by atoms with E-state index in [1.807, 2.05) is 0 Å². The fourth-order valence-electron chi connectivity index (χ4n) is 1.85. The van der Waals surface area contributed by atoms with Crippen LogP contribution in [0, 0.1) is 0 Å². The summed E-state index contributed by atoms with van der Waals surface area (Å²) in [6.45, 7) is 2.98. The van der Waals surface area contributed by atoms with Crippen LogP contribution >= 0.6 is 12.4 Å². The smallest absolute Gasteiger partial charge is 0.189 e. The molecule has 1 aliphatic heterocycles. The van der Waals surface area contributed by atoms with Crippen LogP contribution in [0.1, 0.15) is 30.5 Å². The summed E-state index contributed by atoms with van der Waals surface area (Å²) in [5, 5.41) is 3.20. The number of guanidine groups is 1. The van der Waals surface area contributed by atoms with Crippen LogP contribution in [-0.4, -0.2) is 12.5 Å². The van der Waals surface area contributed by atoms with Gasteiger partial charge in [-0.3, -0.25) is 4.99 Å². The van der Waals surface area contributed by atoms with Crippen LogP contribution < -0.4 is 11.1 Å². The van der Waals surface area contributed by atoms with Gasteiger partial charge in [0.1, 0.15) is 0 Å². The van der Waals surface area contributed by atoms with Crippen molar-refractivity contribution in [2.24, 2.45) is 10.7 Å². The topological polar surface area (TPSA) is 50.4 Å². The van der Waals surface area contributed by atoms with Crippen molar-refractivity contribution >= 4 is 18.4 Å². The van der Waals surface area contributed by atoms with Gasteiger partial charge >= 0.3 is 0 Å². The van der Waals surface area contributed by atoms with Gasteiger partial charge in [-0.2, -0.15) is 0 Å². The summed E-state index contributed by atoms with van der Waals surface area (Å²) < 4.78 is 0. The van der Waals surface area contributed by atoms with Gasteiger partial charge in [-0.1, -0.05) is 31.2 Å². The number of benzene rings is 1. The lowest BCUT2D eigenvalue weighted by Crippen LogP contribution is -2.38. The second kappa shape index (κ2) is 5.75. The molecule has 1 unspecified atom stereocenters. The third kappa shape index (κ3) is 2.89. The van der Waals surface area contributed by atoms with E-state index in [2.05, 4.69) is 41.5 Å². The molecular formula is C12H18ClN3. The van der Waals surface area contributed by atoms with Gasteiger partial charge in [0.15, 0.2) is 5.96 Å². The van der Waals surface area contributed by atoms with Crippen molar-refractivity contribution in [2.45, 2.75) is 25.8 Å². The minimum Gasteiger partial charge on any atom is -0.370 e. The van der Waals surface area contributed by atoms with E-state index in [0.717, 1.165) is 19.4 Å². The van der Waals surface area contributed by atoms with Crippen LogP contribution in [0.4, 0.5) is 0 Å². The third-order valence-corrected chi connectivity index (χ3v) is 2.81. The molecule has 0 saturated heterocycles. The normalized spacial score (nSPS) is 19.3. The zero-order valence-corrected chi connectivity index (χ0v) is 10.3. The zero-order chi connectivity index (χ0) is 10.7. The van der Waals surface area contributed by atoms with Gasteiger partial charge < -0.3 is 11.1 Å². The second-order valence-corrected chi connectivity index (χ2v) is 3.85. The molecule has 1 aromatic rings. The van der Waals surface area contributed by atoms with Gasteiger partial charge in [-0.15, -0.1) is 12.4 Å². The summed E-state index contributed by atoms with van der Waals surface area (Å²) in [4.78, 5) is 4.12. The Morgan fingerprint density at radius 1 is 1.38 bits per heavy atom. The molecule has 0 amide bonds. The number of rotatable bonds is 2. The van der Waals surface area contributed by atoms with E-state index in [9.17, 15) is 0 Å². The lowest BCUT2D eigenvalue weighted by molar-refractivity contribution is 0.568. The fourth-order valence-corrected chi connectivity index (χ4v) is 1.85. The third-order valence-electron chi connectivity index (χ3n) is 2.81. The summed E-state index contributed by atoms with van der Waals surface area (Å²) in [6.07, 6.45) is 2.11. The van der Waals surface area contributed by atoms with Crippen LogP contribution in [0.25, 0.3) is 0 Å². The summed E-state index contributed by atoms with van der Waals surface area (Å²) >= 11 is 0. The highest BCUT2D eigenvalue weighted by atomic mass is 35.5. The molecule has 4 heteroatoms. The maximum Gasteiger partial charge on any atom is 0.189 e. The minimum atomic E-state index is 0. The van der Waals surface area contributed by atoms with Gasteiger partial charge in [0.2, 0.25) is 0 Å². The van der Waals surface area contributed by atoms with Crippen LogP contribution in [0.3, 0.4) is 0 Å². The van der Waals surface area contributed by atoms with Crippen molar-refractivity contribution in [1.29, 1.82) is 0 Å². The molecule has 1 aromatic carbocycles. The monoisotopic (exact) mass is 239 g/mol.